The zero-order valence-electron chi connectivity index (χ0n) is 12.4. The molecule has 1 aromatic carbocycles. The summed E-state index contributed by atoms with van der Waals surface area (Å²) >= 11 is 0. The first-order chi connectivity index (χ1) is 9.51. The molecule has 0 unspecified atom stereocenters. The van der Waals surface area contributed by atoms with E-state index in [1.165, 1.54) is 11.1 Å². The van der Waals surface area contributed by atoms with Crippen LogP contribution in [-0.4, -0.2) is 49.6 Å². The molecule has 0 saturated carbocycles. The number of hydrogen-bond acceptors (Lipinski definition) is 3. The van der Waals surface area contributed by atoms with Crippen LogP contribution >= 0.6 is 0 Å². The molecule has 0 aliphatic carbocycles. The van der Waals surface area contributed by atoms with E-state index in [1.54, 1.807) is 4.31 Å². The van der Waals surface area contributed by atoms with Gasteiger partial charge in [-0.2, -0.15) is 4.31 Å². The maximum Gasteiger partial charge on any atom is 0.214 e. The van der Waals surface area contributed by atoms with Gasteiger partial charge in [-0.15, -0.1) is 0 Å². The van der Waals surface area contributed by atoms with Crippen molar-refractivity contribution in [2.75, 3.05) is 31.9 Å². The highest BCUT2D eigenvalue weighted by Crippen LogP contribution is 2.12. The van der Waals surface area contributed by atoms with Gasteiger partial charge in [-0.1, -0.05) is 36.8 Å². The molecule has 0 N–H and O–H groups in total. The standard InChI is InChI=1S/C15H24N2O2S/c1-3-12-20(18,19)17-10-8-16(9-11-17)13-15-6-4-14(2)5-7-15/h4-7H,3,8-13H2,1-2H3. The lowest BCUT2D eigenvalue weighted by atomic mass is 10.1. The van der Waals surface area contributed by atoms with Crippen LogP contribution in [0.5, 0.6) is 0 Å². The second kappa shape index (κ2) is 6.70. The predicted octanol–water partition coefficient (Wildman–Crippen LogP) is 1.85. The van der Waals surface area contributed by atoms with Gasteiger partial charge in [-0.05, 0) is 18.9 Å². The van der Waals surface area contributed by atoms with Crippen LogP contribution in [0.1, 0.15) is 24.5 Å². The van der Waals surface area contributed by atoms with Crippen molar-refractivity contribution in [2.45, 2.75) is 26.8 Å². The highest BCUT2D eigenvalue weighted by Gasteiger charge is 2.25. The molecule has 1 aliphatic rings. The summed E-state index contributed by atoms with van der Waals surface area (Å²) in [5.41, 5.74) is 2.56. The van der Waals surface area contributed by atoms with Crippen molar-refractivity contribution in [1.82, 2.24) is 9.21 Å². The van der Waals surface area contributed by atoms with Crippen LogP contribution in [-0.2, 0) is 16.6 Å². The third-order valence-electron chi connectivity index (χ3n) is 3.71. The molecule has 1 heterocycles. The van der Waals surface area contributed by atoms with E-state index in [2.05, 4.69) is 36.1 Å². The molecule has 1 aliphatic heterocycles. The molecular formula is C15H24N2O2S. The molecule has 2 rings (SSSR count). The van der Waals surface area contributed by atoms with Crippen LogP contribution in [0.2, 0.25) is 0 Å². The molecule has 5 heteroatoms. The number of benzene rings is 1. The summed E-state index contributed by atoms with van der Waals surface area (Å²) in [6, 6.07) is 8.54. The quantitative estimate of drug-likeness (QED) is 0.832. The fraction of sp³-hybridized carbons (Fsp3) is 0.600. The zero-order chi connectivity index (χ0) is 14.6. The van der Waals surface area contributed by atoms with E-state index in [0.29, 0.717) is 19.5 Å². The van der Waals surface area contributed by atoms with Gasteiger partial charge in [0.2, 0.25) is 10.0 Å². The topological polar surface area (TPSA) is 40.6 Å². The summed E-state index contributed by atoms with van der Waals surface area (Å²) in [4.78, 5) is 2.32. The molecule has 4 nitrogen and oxygen atoms in total. The SMILES string of the molecule is CCCS(=O)(=O)N1CCN(Cc2ccc(C)cc2)CC1. The number of piperazine rings is 1. The number of hydrogen-bond donors (Lipinski definition) is 0. The largest absolute Gasteiger partial charge is 0.296 e. The van der Waals surface area contributed by atoms with Crippen LogP contribution in [0.15, 0.2) is 24.3 Å². The first-order valence-electron chi connectivity index (χ1n) is 7.27. The molecule has 0 spiro atoms. The Morgan fingerprint density at radius 3 is 2.20 bits per heavy atom. The molecular weight excluding hydrogens is 272 g/mol. The predicted molar refractivity (Wildman–Crippen MR) is 82.1 cm³/mol. The number of nitrogens with zero attached hydrogens (tertiary/aromatic N) is 2. The van der Waals surface area contributed by atoms with Gasteiger partial charge in [-0.3, -0.25) is 4.90 Å². The third-order valence-corrected chi connectivity index (χ3v) is 5.79. The highest BCUT2D eigenvalue weighted by atomic mass is 32.2. The van der Waals surface area contributed by atoms with Crippen LogP contribution in [0.3, 0.4) is 0 Å². The Hall–Kier alpha value is -0.910. The minimum absolute atomic E-state index is 0.269. The Balaban J connectivity index is 1.87. The molecule has 0 atom stereocenters. The average Bonchev–Trinajstić information content (AvgIpc) is 2.42. The smallest absolute Gasteiger partial charge is 0.214 e. The van der Waals surface area contributed by atoms with Gasteiger partial charge in [-0.25, -0.2) is 8.42 Å². The van der Waals surface area contributed by atoms with Crippen molar-refractivity contribution in [3.05, 3.63) is 35.4 Å². The summed E-state index contributed by atoms with van der Waals surface area (Å²) in [6.45, 7) is 7.77. The molecule has 20 heavy (non-hydrogen) atoms. The Bertz CT molecular complexity index is 517. The molecule has 1 saturated heterocycles. The van der Waals surface area contributed by atoms with Crippen molar-refractivity contribution in [1.29, 1.82) is 0 Å². The lowest BCUT2D eigenvalue weighted by Crippen LogP contribution is -2.48. The zero-order valence-corrected chi connectivity index (χ0v) is 13.2. The molecule has 0 bridgehead atoms. The van der Waals surface area contributed by atoms with Gasteiger partial charge in [0.1, 0.15) is 0 Å². The lowest BCUT2D eigenvalue weighted by molar-refractivity contribution is 0.181. The van der Waals surface area contributed by atoms with Gasteiger partial charge < -0.3 is 0 Å². The maximum absolute atomic E-state index is 12.0. The van der Waals surface area contributed by atoms with E-state index in [0.717, 1.165) is 19.6 Å². The van der Waals surface area contributed by atoms with Crippen molar-refractivity contribution in [3.8, 4) is 0 Å². The number of rotatable bonds is 5. The third kappa shape index (κ3) is 4.04. The molecule has 0 aromatic heterocycles. The summed E-state index contributed by atoms with van der Waals surface area (Å²) in [6.07, 6.45) is 0.686. The van der Waals surface area contributed by atoms with E-state index in [4.69, 9.17) is 0 Å². The lowest BCUT2D eigenvalue weighted by Gasteiger charge is -2.34. The van der Waals surface area contributed by atoms with E-state index in [-0.39, 0.29) is 5.75 Å². The van der Waals surface area contributed by atoms with Crippen LogP contribution in [0, 0.1) is 6.92 Å². The molecule has 0 amide bonds. The van der Waals surface area contributed by atoms with Crippen LogP contribution in [0.4, 0.5) is 0 Å². The van der Waals surface area contributed by atoms with Crippen molar-refractivity contribution in [3.63, 3.8) is 0 Å². The number of sulfonamides is 1. The second-order valence-corrected chi connectivity index (χ2v) is 7.57. The van der Waals surface area contributed by atoms with E-state index in [1.807, 2.05) is 6.92 Å². The Morgan fingerprint density at radius 1 is 1.05 bits per heavy atom. The molecule has 1 fully saturated rings. The van der Waals surface area contributed by atoms with Crippen molar-refractivity contribution >= 4 is 10.0 Å². The van der Waals surface area contributed by atoms with Gasteiger partial charge >= 0.3 is 0 Å². The van der Waals surface area contributed by atoms with E-state index in [9.17, 15) is 8.42 Å². The van der Waals surface area contributed by atoms with Crippen LogP contribution < -0.4 is 0 Å². The van der Waals surface area contributed by atoms with Gasteiger partial charge in [0.05, 0.1) is 5.75 Å². The first kappa shape index (κ1) is 15.5. The monoisotopic (exact) mass is 296 g/mol. The second-order valence-electron chi connectivity index (χ2n) is 5.48. The fourth-order valence-electron chi connectivity index (χ4n) is 2.50. The van der Waals surface area contributed by atoms with Crippen molar-refractivity contribution < 1.29 is 8.42 Å². The minimum Gasteiger partial charge on any atom is -0.296 e. The molecule has 0 radical (unpaired) electrons. The molecule has 1 aromatic rings. The summed E-state index contributed by atoms with van der Waals surface area (Å²) in [5, 5.41) is 0. The first-order valence-corrected chi connectivity index (χ1v) is 8.88. The highest BCUT2D eigenvalue weighted by molar-refractivity contribution is 7.89. The molecule has 112 valence electrons. The van der Waals surface area contributed by atoms with E-state index < -0.39 is 10.0 Å². The minimum atomic E-state index is -3.03. The van der Waals surface area contributed by atoms with Crippen molar-refractivity contribution in [2.24, 2.45) is 0 Å². The van der Waals surface area contributed by atoms with Gasteiger partial charge in [0, 0.05) is 32.7 Å². The van der Waals surface area contributed by atoms with E-state index >= 15 is 0 Å². The van der Waals surface area contributed by atoms with Gasteiger partial charge in [0.15, 0.2) is 0 Å². The van der Waals surface area contributed by atoms with Crippen LogP contribution in [0.25, 0.3) is 0 Å². The average molecular weight is 296 g/mol. The summed E-state index contributed by atoms with van der Waals surface area (Å²) in [7, 11) is -3.03. The Kier molecular flexibility index (Phi) is 5.18. The number of aryl methyl sites for hydroxylation is 1. The summed E-state index contributed by atoms with van der Waals surface area (Å²) < 4.78 is 25.6. The summed E-state index contributed by atoms with van der Waals surface area (Å²) in [5.74, 6) is 0.269. The Labute approximate surface area is 122 Å². The fourth-order valence-corrected chi connectivity index (χ4v) is 4.00. The Morgan fingerprint density at radius 2 is 1.65 bits per heavy atom. The normalized spacial score (nSPS) is 18.3. The maximum atomic E-state index is 12.0. The van der Waals surface area contributed by atoms with Gasteiger partial charge in [0.25, 0.3) is 0 Å².